The zero-order valence-corrected chi connectivity index (χ0v) is 8.35. The Morgan fingerprint density at radius 3 is 2.46 bits per heavy atom. The van der Waals surface area contributed by atoms with Crippen molar-refractivity contribution in [3.8, 4) is 0 Å². The molecule has 0 amide bonds. The molecular formula is C8H8O3S2. The molecule has 0 aliphatic heterocycles. The fourth-order valence-electron chi connectivity index (χ4n) is 0.984. The van der Waals surface area contributed by atoms with Gasteiger partial charge in [0.2, 0.25) is 0 Å². The first kappa shape index (κ1) is 10.3. The Bertz CT molecular complexity index is 435. The van der Waals surface area contributed by atoms with Gasteiger partial charge in [-0.25, -0.2) is 0 Å². The van der Waals surface area contributed by atoms with E-state index in [1.54, 1.807) is 6.07 Å². The highest BCUT2D eigenvalue weighted by Crippen LogP contribution is 2.24. The van der Waals surface area contributed by atoms with Crippen LogP contribution in [0.25, 0.3) is 6.08 Å². The van der Waals surface area contributed by atoms with Crippen molar-refractivity contribution in [2.45, 2.75) is 9.79 Å². The van der Waals surface area contributed by atoms with E-state index in [4.69, 9.17) is 4.55 Å². The molecule has 0 radical (unpaired) electrons. The summed E-state index contributed by atoms with van der Waals surface area (Å²) in [6, 6.07) is 4.66. The minimum absolute atomic E-state index is 0.201. The predicted octanol–water partition coefficient (Wildman–Crippen LogP) is 1.87. The van der Waals surface area contributed by atoms with Crippen LogP contribution in [0.4, 0.5) is 0 Å². The molecule has 13 heavy (non-hydrogen) atoms. The summed E-state index contributed by atoms with van der Waals surface area (Å²) >= 11 is 3.93. The first-order valence-corrected chi connectivity index (χ1v) is 5.27. The highest BCUT2D eigenvalue weighted by Gasteiger charge is 2.16. The van der Waals surface area contributed by atoms with Gasteiger partial charge in [-0.2, -0.15) is 8.42 Å². The fourth-order valence-corrected chi connectivity index (χ4v) is 2.33. The van der Waals surface area contributed by atoms with Gasteiger partial charge in [-0.3, -0.25) is 4.55 Å². The monoisotopic (exact) mass is 216 g/mol. The molecule has 0 unspecified atom stereocenters. The highest BCUT2D eigenvalue weighted by molar-refractivity contribution is 7.87. The lowest BCUT2D eigenvalue weighted by molar-refractivity contribution is 0.481. The van der Waals surface area contributed by atoms with Crippen molar-refractivity contribution < 1.29 is 13.0 Å². The molecule has 0 aliphatic carbocycles. The number of thiol groups is 1. The molecule has 1 N–H and O–H groups in total. The zero-order chi connectivity index (χ0) is 10.1. The fraction of sp³-hybridized carbons (Fsp3) is 0. The van der Waals surface area contributed by atoms with E-state index in [0.717, 1.165) is 0 Å². The molecule has 0 saturated heterocycles. The average Bonchev–Trinajstić information content (AvgIpc) is 2.01. The van der Waals surface area contributed by atoms with Crippen LogP contribution in [0.15, 0.2) is 34.6 Å². The van der Waals surface area contributed by atoms with Crippen LogP contribution in [-0.4, -0.2) is 13.0 Å². The largest absolute Gasteiger partial charge is 0.296 e. The maximum Gasteiger partial charge on any atom is 0.296 e. The molecule has 1 aromatic carbocycles. The summed E-state index contributed by atoms with van der Waals surface area (Å²) in [6.07, 6.45) is 1.35. The SMILES string of the molecule is C=Cc1cccc(S)c1S(=O)(=O)O. The Hall–Kier alpha value is -0.780. The summed E-state index contributed by atoms with van der Waals surface area (Å²) in [6.45, 7) is 3.44. The smallest absolute Gasteiger partial charge is 0.282 e. The van der Waals surface area contributed by atoms with Crippen molar-refractivity contribution in [1.29, 1.82) is 0 Å². The Labute approximate surface area is 82.3 Å². The molecule has 0 heterocycles. The molecule has 0 bridgehead atoms. The lowest BCUT2D eigenvalue weighted by atomic mass is 10.2. The summed E-state index contributed by atoms with van der Waals surface area (Å²) in [4.78, 5) is 0.00762. The molecule has 0 fully saturated rings. The van der Waals surface area contributed by atoms with Crippen LogP contribution >= 0.6 is 12.6 Å². The normalized spacial score (nSPS) is 11.2. The molecule has 0 aromatic heterocycles. The van der Waals surface area contributed by atoms with Crippen LogP contribution < -0.4 is 0 Å². The van der Waals surface area contributed by atoms with E-state index in [1.165, 1.54) is 18.2 Å². The Balaban J connectivity index is 3.59. The van der Waals surface area contributed by atoms with Gasteiger partial charge in [0.05, 0.1) is 0 Å². The molecule has 0 aliphatic rings. The summed E-state index contributed by atoms with van der Waals surface area (Å²) < 4.78 is 30.6. The lowest BCUT2D eigenvalue weighted by Gasteiger charge is -2.04. The van der Waals surface area contributed by atoms with Crippen molar-refractivity contribution in [3.05, 3.63) is 30.3 Å². The third kappa shape index (κ3) is 2.12. The minimum atomic E-state index is -4.22. The standard InChI is InChI=1S/C8H8O3S2/c1-2-6-4-3-5-7(12)8(6)13(9,10)11/h2-5,12H,1H2,(H,9,10,11). The van der Waals surface area contributed by atoms with E-state index >= 15 is 0 Å². The quantitative estimate of drug-likeness (QED) is 0.586. The van der Waals surface area contributed by atoms with Crippen LogP contribution in [0.2, 0.25) is 0 Å². The summed E-state index contributed by atoms with van der Waals surface area (Å²) in [7, 11) is -4.22. The topological polar surface area (TPSA) is 54.4 Å². The predicted molar refractivity (Wildman–Crippen MR) is 53.6 cm³/mol. The van der Waals surface area contributed by atoms with Crippen molar-refractivity contribution in [2.75, 3.05) is 0 Å². The molecule has 0 spiro atoms. The van der Waals surface area contributed by atoms with E-state index in [2.05, 4.69) is 19.2 Å². The molecule has 0 saturated carbocycles. The second kappa shape index (κ2) is 3.53. The summed E-state index contributed by atoms with van der Waals surface area (Å²) in [5.41, 5.74) is 0.343. The van der Waals surface area contributed by atoms with E-state index in [1.807, 2.05) is 0 Å². The lowest BCUT2D eigenvalue weighted by Crippen LogP contribution is -2.01. The van der Waals surface area contributed by atoms with Crippen molar-refractivity contribution >= 4 is 28.8 Å². The highest BCUT2D eigenvalue weighted by atomic mass is 32.2. The second-order valence-corrected chi connectivity index (χ2v) is 4.21. The average molecular weight is 216 g/mol. The molecule has 1 aromatic rings. The third-order valence-corrected chi connectivity index (χ3v) is 3.00. The first-order valence-electron chi connectivity index (χ1n) is 3.38. The molecule has 0 atom stereocenters. The van der Waals surface area contributed by atoms with Crippen LogP contribution in [-0.2, 0) is 10.1 Å². The maximum atomic E-state index is 10.9. The number of rotatable bonds is 2. The van der Waals surface area contributed by atoms with Crippen LogP contribution in [0, 0.1) is 0 Å². The summed E-state index contributed by atoms with van der Waals surface area (Å²) in [5, 5.41) is 0. The molecular weight excluding hydrogens is 208 g/mol. The first-order chi connectivity index (χ1) is 5.96. The third-order valence-electron chi connectivity index (χ3n) is 1.50. The summed E-state index contributed by atoms with van der Waals surface area (Å²) in [5.74, 6) is 0. The number of hydrogen-bond acceptors (Lipinski definition) is 3. The van der Waals surface area contributed by atoms with Crippen LogP contribution in [0.1, 0.15) is 5.56 Å². The van der Waals surface area contributed by atoms with E-state index in [9.17, 15) is 8.42 Å². The van der Waals surface area contributed by atoms with Gasteiger partial charge < -0.3 is 0 Å². The number of hydrogen-bond donors (Lipinski definition) is 2. The Morgan fingerprint density at radius 2 is 2.08 bits per heavy atom. The van der Waals surface area contributed by atoms with E-state index in [-0.39, 0.29) is 9.79 Å². The minimum Gasteiger partial charge on any atom is -0.282 e. The number of benzene rings is 1. The van der Waals surface area contributed by atoms with Gasteiger partial charge in [-0.05, 0) is 11.6 Å². The van der Waals surface area contributed by atoms with Gasteiger partial charge in [0, 0.05) is 4.90 Å². The van der Waals surface area contributed by atoms with E-state index < -0.39 is 10.1 Å². The van der Waals surface area contributed by atoms with Gasteiger partial charge >= 0.3 is 0 Å². The molecule has 1 rings (SSSR count). The molecule has 5 heteroatoms. The second-order valence-electron chi connectivity index (χ2n) is 2.37. The molecule has 3 nitrogen and oxygen atoms in total. The van der Waals surface area contributed by atoms with Gasteiger partial charge in [0.1, 0.15) is 4.90 Å². The maximum absolute atomic E-state index is 10.9. The Morgan fingerprint density at radius 1 is 1.46 bits per heavy atom. The Kier molecular flexibility index (Phi) is 2.80. The van der Waals surface area contributed by atoms with Crippen LogP contribution in [0.3, 0.4) is 0 Å². The van der Waals surface area contributed by atoms with E-state index in [0.29, 0.717) is 5.56 Å². The van der Waals surface area contributed by atoms with Gasteiger partial charge in [0.25, 0.3) is 10.1 Å². The van der Waals surface area contributed by atoms with Crippen molar-refractivity contribution in [1.82, 2.24) is 0 Å². The van der Waals surface area contributed by atoms with Gasteiger partial charge in [-0.15, -0.1) is 12.6 Å². The van der Waals surface area contributed by atoms with Crippen molar-refractivity contribution in [3.63, 3.8) is 0 Å². The molecule has 70 valence electrons. The van der Waals surface area contributed by atoms with Gasteiger partial charge in [-0.1, -0.05) is 24.8 Å². The van der Waals surface area contributed by atoms with Crippen molar-refractivity contribution in [2.24, 2.45) is 0 Å². The zero-order valence-electron chi connectivity index (χ0n) is 6.64. The van der Waals surface area contributed by atoms with Gasteiger partial charge in [0.15, 0.2) is 0 Å². The van der Waals surface area contributed by atoms with Crippen LogP contribution in [0.5, 0.6) is 0 Å².